The normalized spacial score (nSPS) is 7.43. The zero-order valence-corrected chi connectivity index (χ0v) is 4.61. The van der Waals surface area contributed by atoms with E-state index in [-0.39, 0.29) is 0 Å². The van der Waals surface area contributed by atoms with Crippen molar-refractivity contribution in [3.8, 4) is 6.26 Å². The largest absolute Gasteiger partial charge is 0.427 e. The van der Waals surface area contributed by atoms with Gasteiger partial charge in [-0.2, -0.15) is 5.26 Å². The Morgan fingerprint density at radius 3 is 2.86 bits per heavy atom. The highest BCUT2D eigenvalue weighted by molar-refractivity contribution is 6.17. The van der Waals surface area contributed by atoms with E-state index in [1.807, 2.05) is 0 Å². The average molecular weight is 120 g/mol. The molecule has 3 heteroatoms. The van der Waals surface area contributed by atoms with E-state index in [4.69, 9.17) is 16.9 Å². The lowest BCUT2D eigenvalue weighted by molar-refractivity contribution is 0.271. The minimum atomic E-state index is 0.444. The van der Waals surface area contributed by atoms with Crippen molar-refractivity contribution in [3.63, 3.8) is 0 Å². The van der Waals surface area contributed by atoms with Crippen LogP contribution in [0.4, 0.5) is 0 Å². The van der Waals surface area contributed by atoms with Gasteiger partial charge in [0, 0.05) is 5.88 Å². The highest BCUT2D eigenvalue weighted by Crippen LogP contribution is 1.83. The average Bonchev–Trinajstić information content (AvgIpc) is 1.69. The van der Waals surface area contributed by atoms with Crippen molar-refractivity contribution in [1.82, 2.24) is 0 Å². The predicted molar refractivity (Wildman–Crippen MR) is 26.9 cm³/mol. The van der Waals surface area contributed by atoms with Gasteiger partial charge in [-0.25, -0.2) is 0 Å². The van der Waals surface area contributed by atoms with Crippen LogP contribution in [-0.4, -0.2) is 12.5 Å². The highest BCUT2D eigenvalue weighted by Gasteiger charge is 1.79. The molecule has 0 amide bonds. The molecule has 0 N–H and O–H groups in total. The Morgan fingerprint density at radius 1 is 1.71 bits per heavy atom. The van der Waals surface area contributed by atoms with Crippen LogP contribution in [0, 0.1) is 11.5 Å². The molecule has 0 aromatic carbocycles. The number of hydrogen-bond donors (Lipinski definition) is 0. The van der Waals surface area contributed by atoms with Crippen LogP contribution in [0.5, 0.6) is 0 Å². The molecular formula is C4H6ClNO. The van der Waals surface area contributed by atoms with Gasteiger partial charge in [0.2, 0.25) is 0 Å². The molecule has 0 bridgehead atoms. The summed E-state index contributed by atoms with van der Waals surface area (Å²) in [6.45, 7) is 0.444. The first-order valence-electron chi connectivity index (χ1n) is 1.98. The van der Waals surface area contributed by atoms with Crippen LogP contribution in [0.15, 0.2) is 0 Å². The number of alkyl halides is 1. The lowest BCUT2D eigenvalue weighted by Gasteiger charge is -1.87. The van der Waals surface area contributed by atoms with Gasteiger partial charge in [-0.3, -0.25) is 0 Å². The van der Waals surface area contributed by atoms with Gasteiger partial charge in [-0.05, 0) is 6.42 Å². The van der Waals surface area contributed by atoms with E-state index in [2.05, 4.69) is 4.74 Å². The Bertz CT molecular complexity index is 68.6. The standard InChI is InChI=1S/C4H6ClNO/c5-2-1-3-7-4-6/h1-3H2. The van der Waals surface area contributed by atoms with E-state index in [9.17, 15) is 0 Å². The maximum absolute atomic E-state index is 7.78. The summed E-state index contributed by atoms with van der Waals surface area (Å²) in [5.41, 5.74) is 0. The maximum atomic E-state index is 7.78. The molecule has 0 aliphatic carbocycles. The van der Waals surface area contributed by atoms with Crippen LogP contribution in [0.1, 0.15) is 6.42 Å². The maximum Gasteiger partial charge on any atom is 0.286 e. The van der Waals surface area contributed by atoms with Crippen LogP contribution in [-0.2, 0) is 4.74 Å². The van der Waals surface area contributed by atoms with Crippen LogP contribution in [0.3, 0.4) is 0 Å². The van der Waals surface area contributed by atoms with Gasteiger partial charge >= 0.3 is 0 Å². The summed E-state index contributed by atoms with van der Waals surface area (Å²) in [5.74, 6) is 0.557. The van der Waals surface area contributed by atoms with Gasteiger partial charge < -0.3 is 4.74 Å². The molecule has 0 unspecified atom stereocenters. The highest BCUT2D eigenvalue weighted by atomic mass is 35.5. The molecule has 7 heavy (non-hydrogen) atoms. The topological polar surface area (TPSA) is 33.0 Å². The molecule has 0 aliphatic heterocycles. The van der Waals surface area contributed by atoms with E-state index in [0.717, 1.165) is 6.42 Å². The van der Waals surface area contributed by atoms with Crippen molar-refractivity contribution in [3.05, 3.63) is 0 Å². The van der Waals surface area contributed by atoms with Crippen LogP contribution in [0.25, 0.3) is 0 Å². The van der Waals surface area contributed by atoms with E-state index in [1.165, 1.54) is 0 Å². The lowest BCUT2D eigenvalue weighted by Crippen LogP contribution is -1.86. The monoisotopic (exact) mass is 119 g/mol. The summed E-state index contributed by atoms with van der Waals surface area (Å²) in [5, 5.41) is 7.78. The quantitative estimate of drug-likeness (QED) is 0.317. The number of halogens is 1. The first-order valence-corrected chi connectivity index (χ1v) is 2.52. The zero-order chi connectivity index (χ0) is 5.54. The lowest BCUT2D eigenvalue weighted by atomic mass is 10.5. The van der Waals surface area contributed by atoms with Crippen molar-refractivity contribution in [2.75, 3.05) is 12.5 Å². The van der Waals surface area contributed by atoms with Crippen LogP contribution < -0.4 is 0 Å². The Morgan fingerprint density at radius 2 is 2.43 bits per heavy atom. The third-order valence-electron chi connectivity index (χ3n) is 0.445. The van der Waals surface area contributed by atoms with Gasteiger partial charge in [0.1, 0.15) is 6.61 Å². The Balaban J connectivity index is 2.60. The Kier molecular flexibility index (Phi) is 5.25. The molecule has 0 heterocycles. The third kappa shape index (κ3) is 5.58. The molecule has 0 radical (unpaired) electrons. The van der Waals surface area contributed by atoms with Gasteiger partial charge in [-0.1, -0.05) is 0 Å². The molecule has 0 aromatic rings. The zero-order valence-electron chi connectivity index (χ0n) is 3.85. The molecule has 0 aromatic heterocycles. The first kappa shape index (κ1) is 6.58. The Hall–Kier alpha value is -0.420. The third-order valence-corrected chi connectivity index (χ3v) is 0.712. The molecule has 0 aliphatic rings. The van der Waals surface area contributed by atoms with E-state index < -0.39 is 0 Å². The first-order chi connectivity index (χ1) is 3.41. The molecule has 40 valence electrons. The fourth-order valence-corrected chi connectivity index (χ4v) is 0.281. The molecule has 2 nitrogen and oxygen atoms in total. The molecule has 0 fully saturated rings. The summed E-state index contributed by atoms with van der Waals surface area (Å²) < 4.78 is 4.30. The van der Waals surface area contributed by atoms with Gasteiger partial charge in [0.15, 0.2) is 0 Å². The summed E-state index contributed by atoms with van der Waals surface area (Å²) in [7, 11) is 0. The van der Waals surface area contributed by atoms with E-state index in [0.29, 0.717) is 12.5 Å². The van der Waals surface area contributed by atoms with Gasteiger partial charge in [0.25, 0.3) is 6.26 Å². The smallest absolute Gasteiger partial charge is 0.286 e. The minimum absolute atomic E-state index is 0.444. The molecule has 0 atom stereocenters. The van der Waals surface area contributed by atoms with Crippen molar-refractivity contribution in [2.24, 2.45) is 0 Å². The summed E-state index contributed by atoms with van der Waals surface area (Å²) >= 11 is 5.25. The van der Waals surface area contributed by atoms with Crippen LogP contribution in [0.2, 0.25) is 0 Å². The van der Waals surface area contributed by atoms with E-state index >= 15 is 0 Å². The second-order valence-corrected chi connectivity index (χ2v) is 1.36. The summed E-state index contributed by atoms with van der Waals surface area (Å²) in [6.07, 6.45) is 2.29. The van der Waals surface area contributed by atoms with Crippen LogP contribution >= 0.6 is 11.6 Å². The molecular weight excluding hydrogens is 114 g/mol. The summed E-state index contributed by atoms with van der Waals surface area (Å²) in [6, 6.07) is 0. The molecule has 0 saturated carbocycles. The van der Waals surface area contributed by atoms with Gasteiger partial charge in [0.05, 0.1) is 0 Å². The van der Waals surface area contributed by atoms with E-state index in [1.54, 1.807) is 6.26 Å². The molecule has 0 rings (SSSR count). The van der Waals surface area contributed by atoms with Gasteiger partial charge in [-0.15, -0.1) is 11.6 Å². The molecule has 0 spiro atoms. The van der Waals surface area contributed by atoms with Crippen molar-refractivity contribution >= 4 is 11.6 Å². The van der Waals surface area contributed by atoms with Crippen molar-refractivity contribution in [2.45, 2.75) is 6.42 Å². The summed E-state index contributed by atoms with van der Waals surface area (Å²) in [4.78, 5) is 0. The minimum Gasteiger partial charge on any atom is -0.427 e. The Labute approximate surface area is 47.6 Å². The second-order valence-electron chi connectivity index (χ2n) is 0.982. The fraction of sp³-hybridized carbons (Fsp3) is 0.750. The second kappa shape index (κ2) is 5.58. The number of nitriles is 1. The molecule has 0 saturated heterocycles. The van der Waals surface area contributed by atoms with Crippen molar-refractivity contribution < 1.29 is 4.74 Å². The number of nitrogens with zero attached hydrogens (tertiary/aromatic N) is 1. The number of hydrogen-bond acceptors (Lipinski definition) is 2. The predicted octanol–water partition coefficient (Wildman–Crippen LogP) is 1.11. The SMILES string of the molecule is N#COCCCCl. The fourth-order valence-electron chi connectivity index (χ4n) is 0.172. The van der Waals surface area contributed by atoms with Crippen molar-refractivity contribution in [1.29, 1.82) is 5.26 Å². The number of rotatable bonds is 3. The number of ether oxygens (including phenoxy) is 1.